The fourth-order valence-electron chi connectivity index (χ4n) is 4.19. The molecule has 0 spiro atoms. The van der Waals surface area contributed by atoms with E-state index >= 15 is 0 Å². The number of nitrogens with zero attached hydrogens (tertiary/aromatic N) is 4. The molecule has 3 aromatic rings. The Morgan fingerprint density at radius 1 is 0.850 bits per heavy atom. The van der Waals surface area contributed by atoms with Gasteiger partial charge in [0.1, 0.15) is 6.61 Å². The molecule has 12 heteroatoms. The van der Waals surface area contributed by atoms with E-state index in [1.165, 1.54) is 32.7 Å². The summed E-state index contributed by atoms with van der Waals surface area (Å²) in [6, 6.07) is 5.64. The van der Waals surface area contributed by atoms with Crippen molar-refractivity contribution in [1.82, 2.24) is 19.8 Å². The quantitative estimate of drug-likeness (QED) is 0.300. The van der Waals surface area contributed by atoms with Gasteiger partial charge in [0.15, 0.2) is 40.4 Å². The molecule has 0 saturated carbocycles. The Morgan fingerprint density at radius 2 is 1.52 bits per heavy atom. The predicted octanol–water partition coefficient (Wildman–Crippen LogP) is 4.64. The zero-order valence-corrected chi connectivity index (χ0v) is 22.9. The second-order valence-corrected chi connectivity index (χ2v) is 9.39. The summed E-state index contributed by atoms with van der Waals surface area (Å²) in [6.07, 6.45) is 4.51. The minimum atomic E-state index is -0.889. The number of ether oxygens (including phenoxy) is 4. The van der Waals surface area contributed by atoms with Crippen molar-refractivity contribution in [2.75, 3.05) is 65.9 Å². The van der Waals surface area contributed by atoms with Crippen LogP contribution in [0.4, 0.5) is 24.8 Å². The van der Waals surface area contributed by atoms with E-state index in [2.05, 4.69) is 32.1 Å². The van der Waals surface area contributed by atoms with Gasteiger partial charge in [-0.2, -0.15) is 0 Å². The van der Waals surface area contributed by atoms with Crippen molar-refractivity contribution in [1.29, 1.82) is 0 Å². The Bertz CT molecular complexity index is 1230. The summed E-state index contributed by atoms with van der Waals surface area (Å²) in [7, 11) is 4.67. The third-order valence-corrected chi connectivity index (χ3v) is 6.59. The van der Waals surface area contributed by atoms with Gasteiger partial charge in [0, 0.05) is 44.0 Å². The summed E-state index contributed by atoms with van der Waals surface area (Å²) >= 11 is 0. The number of aromatic nitrogens is 2. The van der Waals surface area contributed by atoms with Crippen LogP contribution in [-0.2, 0) is 6.61 Å². The summed E-state index contributed by atoms with van der Waals surface area (Å²) in [5.41, 5.74) is 0.0763. The van der Waals surface area contributed by atoms with E-state index < -0.39 is 24.1 Å². The molecule has 0 aliphatic carbocycles. The van der Waals surface area contributed by atoms with Gasteiger partial charge in [-0.3, -0.25) is 0 Å². The topological polar surface area (TPSA) is 81.2 Å². The molecule has 1 aliphatic heterocycles. The van der Waals surface area contributed by atoms with Crippen LogP contribution in [0, 0.1) is 17.5 Å². The van der Waals surface area contributed by atoms with Gasteiger partial charge in [0.2, 0.25) is 5.95 Å². The van der Waals surface area contributed by atoms with Crippen molar-refractivity contribution < 1.29 is 32.1 Å². The molecule has 0 bridgehead atoms. The molecule has 1 aromatic heterocycles. The molecule has 1 N–H and O–H groups in total. The highest BCUT2D eigenvalue weighted by Crippen LogP contribution is 2.32. The molecule has 2 heterocycles. The Morgan fingerprint density at radius 3 is 2.15 bits per heavy atom. The molecular weight excluding hydrogens is 527 g/mol. The average molecular weight is 562 g/mol. The van der Waals surface area contributed by atoms with Crippen LogP contribution >= 0.6 is 0 Å². The van der Waals surface area contributed by atoms with Gasteiger partial charge in [0.05, 0.1) is 38.8 Å². The van der Waals surface area contributed by atoms with Crippen LogP contribution in [0.5, 0.6) is 23.0 Å². The Kier molecular flexibility index (Phi) is 10.3. The third kappa shape index (κ3) is 7.66. The fraction of sp³-hybridized carbons (Fsp3) is 0.429. The fourth-order valence-corrected chi connectivity index (χ4v) is 4.19. The number of unbranched alkanes of at least 4 members (excludes halogenated alkanes) is 1. The van der Waals surface area contributed by atoms with Crippen molar-refractivity contribution in [2.24, 2.45) is 0 Å². The van der Waals surface area contributed by atoms with Gasteiger partial charge in [-0.05, 0) is 38.6 Å². The van der Waals surface area contributed by atoms with Crippen LogP contribution in [-0.4, -0.2) is 80.4 Å². The Hall–Kier alpha value is -3.77. The van der Waals surface area contributed by atoms with Gasteiger partial charge in [-0.1, -0.05) is 0 Å². The molecular formula is C28H34F3N5O4. The van der Waals surface area contributed by atoms with Crippen LogP contribution < -0.4 is 24.3 Å². The number of methoxy groups -OCH3 is 2. The van der Waals surface area contributed by atoms with Crippen LogP contribution in [0.2, 0.25) is 0 Å². The molecule has 1 aliphatic rings. The maximum Gasteiger partial charge on any atom is 0.227 e. The lowest BCUT2D eigenvalue weighted by Gasteiger charge is -2.32. The number of hydrogen-bond donors (Lipinski definition) is 1. The molecule has 216 valence electrons. The summed E-state index contributed by atoms with van der Waals surface area (Å²) in [5, 5.41) is 2.90. The minimum Gasteiger partial charge on any atom is -0.494 e. The predicted molar refractivity (Wildman–Crippen MR) is 144 cm³/mol. The Balaban J connectivity index is 1.24. The minimum absolute atomic E-state index is 0.169. The van der Waals surface area contributed by atoms with E-state index in [0.717, 1.165) is 51.6 Å². The zero-order chi connectivity index (χ0) is 28.5. The summed E-state index contributed by atoms with van der Waals surface area (Å²) in [4.78, 5) is 13.0. The summed E-state index contributed by atoms with van der Waals surface area (Å²) in [5.74, 6) is -2.07. The second kappa shape index (κ2) is 14.0. The number of hydrogen-bond acceptors (Lipinski definition) is 9. The first-order valence-electron chi connectivity index (χ1n) is 13.0. The first-order valence-corrected chi connectivity index (χ1v) is 13.0. The molecule has 4 rings (SSSR count). The number of anilines is 2. The highest BCUT2D eigenvalue weighted by Gasteiger charge is 2.20. The number of piperazine rings is 1. The van der Waals surface area contributed by atoms with E-state index in [9.17, 15) is 13.2 Å². The zero-order valence-electron chi connectivity index (χ0n) is 22.9. The van der Waals surface area contributed by atoms with E-state index in [4.69, 9.17) is 18.9 Å². The normalized spacial score (nSPS) is 14.2. The molecule has 1 fully saturated rings. The lowest BCUT2D eigenvalue weighted by molar-refractivity contribution is 0.149. The number of halogens is 3. The van der Waals surface area contributed by atoms with Crippen molar-refractivity contribution >= 4 is 11.6 Å². The van der Waals surface area contributed by atoms with Gasteiger partial charge in [-0.15, -0.1) is 0 Å². The monoisotopic (exact) mass is 561 g/mol. The number of nitrogens with one attached hydrogen (secondary N) is 1. The average Bonchev–Trinajstić information content (AvgIpc) is 2.96. The Labute approximate surface area is 231 Å². The van der Waals surface area contributed by atoms with E-state index in [1.807, 2.05) is 0 Å². The van der Waals surface area contributed by atoms with Crippen LogP contribution in [0.25, 0.3) is 0 Å². The molecule has 40 heavy (non-hydrogen) atoms. The molecule has 0 atom stereocenters. The summed E-state index contributed by atoms with van der Waals surface area (Å²) in [6.45, 7) is 5.37. The van der Waals surface area contributed by atoms with Crippen molar-refractivity contribution in [2.45, 2.75) is 19.4 Å². The largest absolute Gasteiger partial charge is 0.494 e. The molecule has 2 aromatic carbocycles. The van der Waals surface area contributed by atoms with Crippen molar-refractivity contribution in [3.8, 4) is 23.0 Å². The van der Waals surface area contributed by atoms with Gasteiger partial charge in [0.25, 0.3) is 0 Å². The standard InChI is InChI=1S/C28H34F3N5O4/c1-35-9-11-36(12-10-35)8-4-5-13-39-23-7-6-19(14-22(23)29)34-28-32-16-20(17-33-28)40-18-21-26(30)24(37-2)15-25(38-3)27(21)31/h6-7,14-17H,4-5,8-13,18H2,1-3H3,(H,32,33,34). The van der Waals surface area contributed by atoms with Gasteiger partial charge < -0.3 is 34.1 Å². The maximum absolute atomic E-state index is 14.6. The highest BCUT2D eigenvalue weighted by atomic mass is 19.1. The van der Waals surface area contributed by atoms with Crippen molar-refractivity contribution in [3.05, 3.63) is 59.7 Å². The molecule has 9 nitrogen and oxygen atoms in total. The molecule has 1 saturated heterocycles. The smallest absolute Gasteiger partial charge is 0.227 e. The van der Waals surface area contributed by atoms with E-state index in [-0.39, 0.29) is 34.5 Å². The lowest BCUT2D eigenvalue weighted by Crippen LogP contribution is -2.44. The van der Waals surface area contributed by atoms with Gasteiger partial charge in [-0.25, -0.2) is 23.1 Å². The maximum atomic E-state index is 14.6. The van der Waals surface area contributed by atoms with E-state index in [1.54, 1.807) is 12.1 Å². The number of rotatable bonds is 13. The van der Waals surface area contributed by atoms with Crippen LogP contribution in [0.15, 0.2) is 36.7 Å². The first-order chi connectivity index (χ1) is 19.4. The number of likely N-dealkylation sites (N-methyl/N-ethyl adjacent to an activating group) is 1. The van der Waals surface area contributed by atoms with Crippen LogP contribution in [0.1, 0.15) is 18.4 Å². The third-order valence-electron chi connectivity index (χ3n) is 6.59. The first kappa shape index (κ1) is 29.2. The molecule has 0 radical (unpaired) electrons. The van der Waals surface area contributed by atoms with Crippen LogP contribution in [0.3, 0.4) is 0 Å². The molecule has 0 unspecified atom stereocenters. The lowest BCUT2D eigenvalue weighted by atomic mass is 10.1. The van der Waals surface area contributed by atoms with E-state index in [0.29, 0.717) is 12.3 Å². The SMILES string of the molecule is COc1cc(OC)c(F)c(COc2cnc(Nc3ccc(OCCCCN4CCN(C)CC4)c(F)c3)nc2)c1F. The molecule has 0 amide bonds. The second-order valence-electron chi connectivity index (χ2n) is 9.39. The van der Waals surface area contributed by atoms with Gasteiger partial charge >= 0.3 is 0 Å². The highest BCUT2D eigenvalue weighted by molar-refractivity contribution is 5.55. The van der Waals surface area contributed by atoms with Crippen molar-refractivity contribution in [3.63, 3.8) is 0 Å². The number of benzene rings is 2. The summed E-state index contributed by atoms with van der Waals surface area (Å²) < 4.78 is 64.6.